The molecule has 1 aliphatic rings. The molecule has 1 unspecified atom stereocenters. The molecule has 1 aromatic heterocycles. The molecule has 1 aliphatic heterocycles. The standard InChI is InChI=1S/C19H19N5O2/c25-18(13-24-21-19(20-22-24)16-9-5-2-6-10-16)23-11-12-26-14-17(23)15-7-3-1-4-8-15/h1-10,17H,11-14H2. The van der Waals surface area contributed by atoms with E-state index in [-0.39, 0.29) is 18.5 Å². The molecule has 0 bridgehead atoms. The largest absolute Gasteiger partial charge is 0.377 e. The predicted molar refractivity (Wildman–Crippen MR) is 95.0 cm³/mol. The molecule has 3 aromatic rings. The first kappa shape index (κ1) is 16.4. The molecular weight excluding hydrogens is 330 g/mol. The maximum Gasteiger partial charge on any atom is 0.246 e. The summed E-state index contributed by atoms with van der Waals surface area (Å²) in [6, 6.07) is 19.4. The van der Waals surface area contributed by atoms with Crippen LogP contribution in [0.3, 0.4) is 0 Å². The number of tetrazole rings is 1. The summed E-state index contributed by atoms with van der Waals surface area (Å²) >= 11 is 0. The Balaban J connectivity index is 1.49. The highest BCUT2D eigenvalue weighted by Crippen LogP contribution is 2.24. The number of carbonyl (C=O) groups excluding carboxylic acids is 1. The molecule has 0 saturated carbocycles. The highest BCUT2D eigenvalue weighted by Gasteiger charge is 2.29. The molecular formula is C19H19N5O2. The zero-order valence-electron chi connectivity index (χ0n) is 14.2. The Morgan fingerprint density at radius 2 is 1.81 bits per heavy atom. The number of carbonyl (C=O) groups is 1. The Hall–Kier alpha value is -3.06. The number of amides is 1. The van der Waals surface area contributed by atoms with Gasteiger partial charge in [0.1, 0.15) is 6.54 Å². The molecule has 7 heteroatoms. The fraction of sp³-hybridized carbons (Fsp3) is 0.263. The van der Waals surface area contributed by atoms with Crippen LogP contribution in [-0.2, 0) is 16.1 Å². The van der Waals surface area contributed by atoms with Crippen molar-refractivity contribution in [1.29, 1.82) is 0 Å². The summed E-state index contributed by atoms with van der Waals surface area (Å²) in [5.41, 5.74) is 1.94. The average Bonchev–Trinajstić information content (AvgIpc) is 3.18. The van der Waals surface area contributed by atoms with Crippen LogP contribution in [-0.4, -0.2) is 50.8 Å². The lowest BCUT2D eigenvalue weighted by atomic mass is 10.0. The Morgan fingerprint density at radius 3 is 2.58 bits per heavy atom. The van der Waals surface area contributed by atoms with Gasteiger partial charge in [0.25, 0.3) is 0 Å². The summed E-state index contributed by atoms with van der Waals surface area (Å²) in [6.45, 7) is 1.65. The fourth-order valence-electron chi connectivity index (χ4n) is 3.08. The number of benzene rings is 2. The number of nitrogens with zero attached hydrogens (tertiary/aromatic N) is 5. The Labute approximate surface area is 151 Å². The van der Waals surface area contributed by atoms with Crippen LogP contribution < -0.4 is 0 Å². The zero-order valence-corrected chi connectivity index (χ0v) is 14.2. The molecule has 2 aromatic carbocycles. The molecule has 132 valence electrons. The van der Waals surface area contributed by atoms with E-state index in [0.717, 1.165) is 11.1 Å². The number of rotatable bonds is 4. The second-order valence-corrected chi connectivity index (χ2v) is 6.10. The molecule has 1 atom stereocenters. The van der Waals surface area contributed by atoms with E-state index in [1.54, 1.807) is 0 Å². The minimum absolute atomic E-state index is 0.0424. The number of aromatic nitrogens is 4. The average molecular weight is 349 g/mol. The van der Waals surface area contributed by atoms with Gasteiger partial charge >= 0.3 is 0 Å². The van der Waals surface area contributed by atoms with Gasteiger partial charge in [-0.15, -0.1) is 10.2 Å². The monoisotopic (exact) mass is 349 g/mol. The lowest BCUT2D eigenvalue weighted by molar-refractivity contribution is -0.141. The van der Waals surface area contributed by atoms with Gasteiger partial charge < -0.3 is 9.64 Å². The fourth-order valence-corrected chi connectivity index (χ4v) is 3.08. The van der Waals surface area contributed by atoms with Gasteiger partial charge in [-0.05, 0) is 10.8 Å². The van der Waals surface area contributed by atoms with E-state index in [1.807, 2.05) is 65.6 Å². The van der Waals surface area contributed by atoms with Crippen LogP contribution in [0.4, 0.5) is 0 Å². The van der Waals surface area contributed by atoms with E-state index in [1.165, 1.54) is 4.80 Å². The van der Waals surface area contributed by atoms with E-state index < -0.39 is 0 Å². The molecule has 0 N–H and O–H groups in total. The van der Waals surface area contributed by atoms with Gasteiger partial charge in [0, 0.05) is 12.1 Å². The molecule has 0 aliphatic carbocycles. The minimum atomic E-state index is -0.0884. The van der Waals surface area contributed by atoms with Crippen LogP contribution >= 0.6 is 0 Å². The molecule has 26 heavy (non-hydrogen) atoms. The Morgan fingerprint density at radius 1 is 1.08 bits per heavy atom. The van der Waals surface area contributed by atoms with Gasteiger partial charge in [-0.3, -0.25) is 4.79 Å². The second-order valence-electron chi connectivity index (χ2n) is 6.10. The lowest BCUT2D eigenvalue weighted by Gasteiger charge is -2.35. The van der Waals surface area contributed by atoms with Crippen LogP contribution in [0.15, 0.2) is 60.7 Å². The Kier molecular flexibility index (Phi) is 4.70. The first-order chi connectivity index (χ1) is 12.8. The van der Waals surface area contributed by atoms with Crippen LogP contribution in [0, 0.1) is 0 Å². The van der Waals surface area contributed by atoms with Crippen molar-refractivity contribution in [1.82, 2.24) is 25.1 Å². The molecule has 1 fully saturated rings. The topological polar surface area (TPSA) is 73.1 Å². The molecule has 2 heterocycles. The molecule has 0 spiro atoms. The smallest absolute Gasteiger partial charge is 0.246 e. The summed E-state index contributed by atoms with van der Waals surface area (Å²) in [5.74, 6) is 0.471. The van der Waals surface area contributed by atoms with Crippen molar-refractivity contribution >= 4 is 5.91 Å². The number of ether oxygens (including phenoxy) is 1. The first-order valence-corrected chi connectivity index (χ1v) is 8.56. The highest BCUT2D eigenvalue weighted by molar-refractivity contribution is 5.76. The maximum absolute atomic E-state index is 12.8. The van der Waals surface area contributed by atoms with Crippen LogP contribution in [0.2, 0.25) is 0 Å². The summed E-state index contributed by atoms with van der Waals surface area (Å²) in [4.78, 5) is 16.0. The van der Waals surface area contributed by atoms with Crippen molar-refractivity contribution in [3.05, 3.63) is 66.2 Å². The van der Waals surface area contributed by atoms with Crippen molar-refractivity contribution in [2.45, 2.75) is 12.6 Å². The lowest BCUT2D eigenvalue weighted by Crippen LogP contribution is -2.45. The molecule has 1 saturated heterocycles. The highest BCUT2D eigenvalue weighted by atomic mass is 16.5. The summed E-state index contributed by atoms with van der Waals surface area (Å²) in [6.07, 6.45) is 0. The molecule has 7 nitrogen and oxygen atoms in total. The van der Waals surface area contributed by atoms with Gasteiger partial charge in [0.05, 0.1) is 19.3 Å². The summed E-state index contributed by atoms with van der Waals surface area (Å²) in [7, 11) is 0. The van der Waals surface area contributed by atoms with Crippen LogP contribution in [0.5, 0.6) is 0 Å². The zero-order chi connectivity index (χ0) is 17.8. The van der Waals surface area contributed by atoms with Gasteiger partial charge in [-0.25, -0.2) is 0 Å². The van der Waals surface area contributed by atoms with Crippen molar-refractivity contribution in [3.8, 4) is 11.4 Å². The van der Waals surface area contributed by atoms with Gasteiger partial charge in [0.15, 0.2) is 0 Å². The van der Waals surface area contributed by atoms with Crippen molar-refractivity contribution in [3.63, 3.8) is 0 Å². The number of morpholine rings is 1. The van der Waals surface area contributed by atoms with Gasteiger partial charge in [-0.2, -0.15) is 4.80 Å². The predicted octanol–water partition coefficient (Wildman–Crippen LogP) is 1.94. The van der Waals surface area contributed by atoms with Crippen LogP contribution in [0.1, 0.15) is 11.6 Å². The minimum Gasteiger partial charge on any atom is -0.377 e. The van der Waals surface area contributed by atoms with Gasteiger partial charge in [-0.1, -0.05) is 60.7 Å². The number of hydrogen-bond acceptors (Lipinski definition) is 5. The third-order valence-corrected chi connectivity index (χ3v) is 4.39. The van der Waals surface area contributed by atoms with Crippen LogP contribution in [0.25, 0.3) is 11.4 Å². The SMILES string of the molecule is O=C(Cn1nnc(-c2ccccc2)n1)N1CCOCC1c1ccccc1. The third kappa shape index (κ3) is 3.48. The summed E-state index contributed by atoms with van der Waals surface area (Å²) < 4.78 is 5.58. The van der Waals surface area contributed by atoms with Crippen molar-refractivity contribution < 1.29 is 9.53 Å². The van der Waals surface area contributed by atoms with E-state index in [4.69, 9.17) is 4.74 Å². The van der Waals surface area contributed by atoms with Crippen molar-refractivity contribution in [2.24, 2.45) is 0 Å². The number of hydrogen-bond donors (Lipinski definition) is 0. The quantitative estimate of drug-likeness (QED) is 0.720. The van der Waals surface area contributed by atoms with E-state index in [0.29, 0.717) is 25.6 Å². The maximum atomic E-state index is 12.8. The molecule has 1 amide bonds. The van der Waals surface area contributed by atoms with Gasteiger partial charge in [0.2, 0.25) is 11.7 Å². The van der Waals surface area contributed by atoms with E-state index in [2.05, 4.69) is 15.4 Å². The normalized spacial score (nSPS) is 17.2. The molecule has 0 radical (unpaired) electrons. The summed E-state index contributed by atoms with van der Waals surface area (Å²) in [5, 5.41) is 12.4. The second kappa shape index (κ2) is 7.45. The first-order valence-electron chi connectivity index (χ1n) is 8.56. The third-order valence-electron chi connectivity index (χ3n) is 4.39. The molecule has 4 rings (SSSR count). The Bertz CT molecular complexity index is 866. The van der Waals surface area contributed by atoms with E-state index in [9.17, 15) is 4.79 Å². The van der Waals surface area contributed by atoms with Crippen molar-refractivity contribution in [2.75, 3.05) is 19.8 Å². The van der Waals surface area contributed by atoms with E-state index >= 15 is 0 Å².